The van der Waals surface area contributed by atoms with Crippen LogP contribution in [0.4, 0.5) is 14.9 Å². The monoisotopic (exact) mass is 530 g/mol. The van der Waals surface area contributed by atoms with Gasteiger partial charge in [0.05, 0.1) is 6.54 Å². The highest BCUT2D eigenvalue weighted by Gasteiger charge is 2.34. The summed E-state index contributed by atoms with van der Waals surface area (Å²) in [5.74, 6) is -1.40. The minimum Gasteiger partial charge on any atom is -0.368 e. The van der Waals surface area contributed by atoms with Crippen LogP contribution in [0.5, 0.6) is 0 Å². The molecule has 1 saturated carbocycles. The van der Waals surface area contributed by atoms with Gasteiger partial charge in [-0.15, -0.1) is 0 Å². The number of benzene rings is 3. The van der Waals surface area contributed by atoms with E-state index in [0.29, 0.717) is 17.8 Å². The fourth-order valence-corrected chi connectivity index (χ4v) is 5.24. The molecular weight excluding hydrogens is 495 g/mol. The molecule has 3 atom stereocenters. The third-order valence-corrected chi connectivity index (χ3v) is 7.31. The van der Waals surface area contributed by atoms with Gasteiger partial charge >= 0.3 is 6.03 Å². The summed E-state index contributed by atoms with van der Waals surface area (Å²) in [5.41, 5.74) is 8.85. The summed E-state index contributed by atoms with van der Waals surface area (Å²) in [4.78, 5) is 41.5. The molecule has 3 N–H and O–H groups in total. The fourth-order valence-electron chi connectivity index (χ4n) is 5.24. The van der Waals surface area contributed by atoms with Crippen molar-refractivity contribution in [2.75, 3.05) is 19.0 Å². The molecule has 0 spiro atoms. The molecular formula is C31H35FN4O3. The van der Waals surface area contributed by atoms with Crippen molar-refractivity contribution in [2.45, 2.75) is 44.2 Å². The largest absolute Gasteiger partial charge is 0.368 e. The zero-order valence-electron chi connectivity index (χ0n) is 22.3. The zero-order chi connectivity index (χ0) is 27.9. The number of hydrogen-bond acceptors (Lipinski definition) is 3. The predicted molar refractivity (Wildman–Crippen MR) is 149 cm³/mol. The van der Waals surface area contributed by atoms with Gasteiger partial charge in [-0.1, -0.05) is 67.4 Å². The van der Waals surface area contributed by atoms with E-state index >= 15 is 0 Å². The average Bonchev–Trinajstić information content (AvgIpc) is 2.95. The van der Waals surface area contributed by atoms with Crippen LogP contribution < -0.4 is 16.0 Å². The number of rotatable bonds is 8. The standard InChI is InChI=1S/C31H35FN4O3/c1-35(2)31(39)36(25-18-16-24(32)17-19-25)20-21-12-14-22(15-13-21)26-10-6-7-11-27(26)30(38)34-28(29(33)37)23-8-4-3-5-9-23/h3-5,8-9,12-19,26-28H,6-7,10-11,20H2,1-2H3,(H2,33,37)(H,34,38)/t26-,27+,28-/m0/s1. The second-order valence-corrected chi connectivity index (χ2v) is 10.2. The number of hydrogen-bond donors (Lipinski definition) is 2. The Morgan fingerprint density at radius 1 is 0.923 bits per heavy atom. The Morgan fingerprint density at radius 2 is 1.56 bits per heavy atom. The minimum atomic E-state index is -0.879. The quantitative estimate of drug-likeness (QED) is 0.423. The first kappa shape index (κ1) is 27.8. The van der Waals surface area contributed by atoms with Crippen LogP contribution in [0.25, 0.3) is 0 Å². The van der Waals surface area contributed by atoms with E-state index in [1.165, 1.54) is 17.0 Å². The molecule has 1 aliphatic rings. The van der Waals surface area contributed by atoms with Gasteiger partial charge in [0.25, 0.3) is 0 Å². The lowest BCUT2D eigenvalue weighted by Crippen LogP contribution is -2.42. The van der Waals surface area contributed by atoms with E-state index in [-0.39, 0.29) is 29.6 Å². The number of nitrogens with zero attached hydrogens (tertiary/aromatic N) is 2. The van der Waals surface area contributed by atoms with Crippen LogP contribution in [-0.2, 0) is 16.1 Å². The summed E-state index contributed by atoms with van der Waals surface area (Å²) in [6, 6.07) is 21.7. The number of carbonyl (C=O) groups is 3. The van der Waals surface area contributed by atoms with Gasteiger partial charge in [0.2, 0.25) is 11.8 Å². The number of halogens is 1. The number of anilines is 1. The lowest BCUT2D eigenvalue weighted by molar-refractivity contribution is -0.131. The molecule has 4 rings (SSSR count). The van der Waals surface area contributed by atoms with Crippen molar-refractivity contribution in [1.29, 1.82) is 0 Å². The van der Waals surface area contributed by atoms with Gasteiger partial charge < -0.3 is 16.0 Å². The molecule has 0 heterocycles. The molecule has 7 nitrogen and oxygen atoms in total. The van der Waals surface area contributed by atoms with Crippen LogP contribution in [0, 0.1) is 11.7 Å². The van der Waals surface area contributed by atoms with Gasteiger partial charge in [-0.2, -0.15) is 0 Å². The van der Waals surface area contributed by atoms with Crippen molar-refractivity contribution < 1.29 is 18.8 Å². The van der Waals surface area contributed by atoms with E-state index in [2.05, 4.69) is 5.32 Å². The molecule has 39 heavy (non-hydrogen) atoms. The molecule has 8 heteroatoms. The van der Waals surface area contributed by atoms with E-state index in [1.54, 1.807) is 43.3 Å². The third-order valence-electron chi connectivity index (χ3n) is 7.31. The Morgan fingerprint density at radius 3 is 2.18 bits per heavy atom. The van der Waals surface area contributed by atoms with Crippen LogP contribution >= 0.6 is 0 Å². The number of nitrogens with two attached hydrogens (primary N) is 1. The van der Waals surface area contributed by atoms with Crippen LogP contribution in [0.1, 0.15) is 54.3 Å². The van der Waals surface area contributed by atoms with Crippen LogP contribution in [0.15, 0.2) is 78.9 Å². The molecule has 0 aromatic heterocycles. The van der Waals surface area contributed by atoms with Gasteiger partial charge in [-0.25, -0.2) is 9.18 Å². The topological polar surface area (TPSA) is 95.7 Å². The second kappa shape index (κ2) is 12.6. The van der Waals surface area contributed by atoms with E-state index < -0.39 is 11.9 Å². The summed E-state index contributed by atoms with van der Waals surface area (Å²) in [5, 5.41) is 2.90. The molecule has 1 aliphatic carbocycles. The Bertz CT molecular complexity index is 1280. The highest BCUT2D eigenvalue weighted by atomic mass is 19.1. The Balaban J connectivity index is 1.51. The number of nitrogens with one attached hydrogen (secondary N) is 1. The summed E-state index contributed by atoms with van der Waals surface area (Å²) in [7, 11) is 3.35. The van der Waals surface area contributed by atoms with Gasteiger partial charge in [0, 0.05) is 25.7 Å². The molecule has 204 valence electrons. The fraction of sp³-hybridized carbons (Fsp3) is 0.323. The van der Waals surface area contributed by atoms with E-state index in [4.69, 9.17) is 5.73 Å². The van der Waals surface area contributed by atoms with Crippen molar-refractivity contribution in [2.24, 2.45) is 11.7 Å². The molecule has 0 radical (unpaired) electrons. The number of carbonyl (C=O) groups excluding carboxylic acids is 3. The molecule has 0 bridgehead atoms. The zero-order valence-corrected chi connectivity index (χ0v) is 22.3. The van der Waals surface area contributed by atoms with Crippen LogP contribution in [0.3, 0.4) is 0 Å². The van der Waals surface area contributed by atoms with Gasteiger partial charge in [0.15, 0.2) is 0 Å². The summed E-state index contributed by atoms with van der Waals surface area (Å²) >= 11 is 0. The summed E-state index contributed by atoms with van der Waals surface area (Å²) < 4.78 is 13.5. The van der Waals surface area contributed by atoms with E-state index in [9.17, 15) is 18.8 Å². The number of amides is 4. The molecule has 3 aromatic rings. The summed E-state index contributed by atoms with van der Waals surface area (Å²) in [6.07, 6.45) is 3.56. The van der Waals surface area contributed by atoms with E-state index in [1.807, 2.05) is 42.5 Å². The highest BCUT2D eigenvalue weighted by Crippen LogP contribution is 2.38. The first-order valence-corrected chi connectivity index (χ1v) is 13.2. The predicted octanol–water partition coefficient (Wildman–Crippen LogP) is 5.13. The Labute approximate surface area is 228 Å². The first-order chi connectivity index (χ1) is 18.7. The normalized spacial score (nSPS) is 17.6. The highest BCUT2D eigenvalue weighted by molar-refractivity contribution is 5.91. The van der Waals surface area contributed by atoms with Gasteiger partial charge in [-0.05, 0) is 59.7 Å². The lowest BCUT2D eigenvalue weighted by Gasteiger charge is -2.32. The van der Waals surface area contributed by atoms with Crippen molar-refractivity contribution in [3.05, 3.63) is 101 Å². The second-order valence-electron chi connectivity index (χ2n) is 10.2. The molecule has 3 aromatic carbocycles. The minimum absolute atomic E-state index is 0.00806. The van der Waals surface area contributed by atoms with Crippen LogP contribution in [0.2, 0.25) is 0 Å². The van der Waals surface area contributed by atoms with Crippen molar-refractivity contribution in [3.63, 3.8) is 0 Å². The SMILES string of the molecule is CN(C)C(=O)N(Cc1ccc([C@@H]2CCCC[C@H]2C(=O)N[C@H](C(N)=O)c2ccccc2)cc1)c1ccc(F)cc1. The molecule has 4 amide bonds. The Kier molecular flexibility index (Phi) is 8.96. The van der Waals surface area contributed by atoms with Crippen LogP contribution in [-0.4, -0.2) is 36.8 Å². The van der Waals surface area contributed by atoms with E-state index in [0.717, 1.165) is 36.8 Å². The first-order valence-electron chi connectivity index (χ1n) is 13.2. The maximum Gasteiger partial charge on any atom is 0.324 e. The van der Waals surface area contributed by atoms with Gasteiger partial charge in [-0.3, -0.25) is 14.5 Å². The number of primary amides is 1. The molecule has 0 aliphatic heterocycles. The molecule has 0 saturated heterocycles. The summed E-state index contributed by atoms with van der Waals surface area (Å²) in [6.45, 7) is 0.314. The maximum absolute atomic E-state index is 13.5. The lowest BCUT2D eigenvalue weighted by atomic mass is 9.74. The van der Waals surface area contributed by atoms with Crippen molar-refractivity contribution in [1.82, 2.24) is 10.2 Å². The maximum atomic E-state index is 13.5. The number of urea groups is 1. The van der Waals surface area contributed by atoms with Gasteiger partial charge in [0.1, 0.15) is 11.9 Å². The average molecular weight is 531 g/mol. The van der Waals surface area contributed by atoms with Crippen molar-refractivity contribution in [3.8, 4) is 0 Å². The smallest absolute Gasteiger partial charge is 0.324 e. The van der Waals surface area contributed by atoms with Crippen molar-refractivity contribution >= 4 is 23.5 Å². The molecule has 1 fully saturated rings. The Hall–Kier alpha value is -4.20. The third kappa shape index (κ3) is 6.82. The molecule has 0 unspecified atom stereocenters.